The first kappa shape index (κ1) is 13.7. The Morgan fingerprint density at radius 1 is 1.09 bits per heavy atom. The van der Waals surface area contributed by atoms with Crippen LogP contribution in [0, 0.1) is 0 Å². The van der Waals surface area contributed by atoms with Crippen molar-refractivity contribution in [1.29, 1.82) is 0 Å². The molecule has 4 aromatic rings. The molecule has 0 aliphatic rings. The molecule has 5 nitrogen and oxygen atoms in total. The maximum Gasteiger partial charge on any atom is 0.283 e. The third-order valence-electron chi connectivity index (χ3n) is 2.92. The first-order valence-corrected chi connectivity index (χ1v) is 8.33. The second kappa shape index (κ2) is 5.68. The van der Waals surface area contributed by atoms with Gasteiger partial charge in [-0.2, -0.15) is 0 Å². The predicted molar refractivity (Wildman–Crippen MR) is 86.3 cm³/mol. The number of nitrogens with zero attached hydrogens (tertiary/aromatic N) is 4. The summed E-state index contributed by atoms with van der Waals surface area (Å²) in [6, 6.07) is 9.33. The van der Waals surface area contributed by atoms with Gasteiger partial charge in [0.25, 0.3) is 5.22 Å². The molecule has 108 valence electrons. The fourth-order valence-electron chi connectivity index (χ4n) is 1.93. The second-order valence-electron chi connectivity index (χ2n) is 4.27. The standard InChI is InChI=1S/C14H7ClN4OS2/c15-10-4-2-1-3-8(10)11-18-19-14(20-11)22-13-9-5-6-21-12(9)16-7-17-13/h1-7H. The molecule has 4 rings (SSSR count). The predicted octanol–water partition coefficient (Wildman–Crippen LogP) is 4.55. The normalized spacial score (nSPS) is 11.1. The van der Waals surface area contributed by atoms with Crippen molar-refractivity contribution in [2.75, 3.05) is 0 Å². The molecule has 0 fully saturated rings. The van der Waals surface area contributed by atoms with Gasteiger partial charge >= 0.3 is 0 Å². The minimum Gasteiger partial charge on any atom is -0.411 e. The summed E-state index contributed by atoms with van der Waals surface area (Å²) < 4.78 is 5.68. The van der Waals surface area contributed by atoms with Gasteiger partial charge in [0.1, 0.15) is 16.2 Å². The first-order valence-electron chi connectivity index (χ1n) is 6.26. The van der Waals surface area contributed by atoms with Crippen LogP contribution in [0.15, 0.2) is 56.7 Å². The summed E-state index contributed by atoms with van der Waals surface area (Å²) in [6.45, 7) is 0. The van der Waals surface area contributed by atoms with Crippen LogP contribution < -0.4 is 0 Å². The lowest BCUT2D eigenvalue weighted by atomic mass is 10.2. The molecule has 22 heavy (non-hydrogen) atoms. The number of rotatable bonds is 3. The third-order valence-corrected chi connectivity index (χ3v) is 4.93. The van der Waals surface area contributed by atoms with E-state index in [-0.39, 0.29) is 0 Å². The van der Waals surface area contributed by atoms with Crippen molar-refractivity contribution < 1.29 is 4.42 Å². The fraction of sp³-hybridized carbons (Fsp3) is 0. The zero-order valence-electron chi connectivity index (χ0n) is 10.9. The lowest BCUT2D eigenvalue weighted by Gasteiger charge is -1.98. The van der Waals surface area contributed by atoms with Crippen LogP contribution in [-0.4, -0.2) is 20.2 Å². The molecule has 0 amide bonds. The maximum atomic E-state index is 6.14. The van der Waals surface area contributed by atoms with Crippen LogP contribution in [0.25, 0.3) is 21.7 Å². The largest absolute Gasteiger partial charge is 0.411 e. The fourth-order valence-corrected chi connectivity index (χ4v) is 3.68. The van der Waals surface area contributed by atoms with Crippen LogP contribution in [0.4, 0.5) is 0 Å². The van der Waals surface area contributed by atoms with Crippen molar-refractivity contribution in [3.63, 3.8) is 0 Å². The Kier molecular flexibility index (Phi) is 3.53. The first-order chi connectivity index (χ1) is 10.8. The highest BCUT2D eigenvalue weighted by molar-refractivity contribution is 7.99. The van der Waals surface area contributed by atoms with Crippen LogP contribution in [0.1, 0.15) is 0 Å². The van der Waals surface area contributed by atoms with Gasteiger partial charge in [-0.3, -0.25) is 0 Å². The van der Waals surface area contributed by atoms with E-state index in [1.165, 1.54) is 18.1 Å². The number of hydrogen-bond acceptors (Lipinski definition) is 7. The van der Waals surface area contributed by atoms with Crippen molar-refractivity contribution in [2.24, 2.45) is 0 Å². The molecular formula is C14H7ClN4OS2. The van der Waals surface area contributed by atoms with Gasteiger partial charge in [-0.15, -0.1) is 21.5 Å². The van der Waals surface area contributed by atoms with E-state index in [2.05, 4.69) is 20.2 Å². The summed E-state index contributed by atoms with van der Waals surface area (Å²) in [5, 5.41) is 12.8. The van der Waals surface area contributed by atoms with Crippen LogP contribution >= 0.6 is 34.7 Å². The summed E-state index contributed by atoms with van der Waals surface area (Å²) in [4.78, 5) is 9.43. The average molecular weight is 347 g/mol. The summed E-state index contributed by atoms with van der Waals surface area (Å²) in [7, 11) is 0. The third kappa shape index (κ3) is 2.47. The lowest BCUT2D eigenvalue weighted by Crippen LogP contribution is -1.83. The Morgan fingerprint density at radius 2 is 2.00 bits per heavy atom. The molecule has 3 aromatic heterocycles. The SMILES string of the molecule is Clc1ccccc1-c1nnc(Sc2ncnc3sccc23)o1. The van der Waals surface area contributed by atoms with E-state index >= 15 is 0 Å². The van der Waals surface area contributed by atoms with E-state index in [9.17, 15) is 0 Å². The van der Waals surface area contributed by atoms with Crippen molar-refractivity contribution in [3.05, 3.63) is 47.1 Å². The molecule has 0 spiro atoms. The number of fused-ring (bicyclic) bond motifs is 1. The molecule has 8 heteroatoms. The van der Waals surface area contributed by atoms with Crippen LogP contribution in [0.2, 0.25) is 5.02 Å². The topological polar surface area (TPSA) is 64.7 Å². The van der Waals surface area contributed by atoms with E-state index < -0.39 is 0 Å². The number of aromatic nitrogens is 4. The van der Waals surface area contributed by atoms with Crippen LogP contribution in [-0.2, 0) is 0 Å². The highest BCUT2D eigenvalue weighted by Crippen LogP contribution is 2.34. The average Bonchev–Trinajstić information content (AvgIpc) is 3.17. The highest BCUT2D eigenvalue weighted by atomic mass is 35.5. The minimum absolute atomic E-state index is 0.392. The van der Waals surface area contributed by atoms with E-state index in [1.54, 1.807) is 17.4 Å². The van der Waals surface area contributed by atoms with Gasteiger partial charge in [-0.1, -0.05) is 23.7 Å². The van der Waals surface area contributed by atoms with E-state index in [0.717, 1.165) is 15.2 Å². The van der Waals surface area contributed by atoms with Gasteiger partial charge in [-0.25, -0.2) is 9.97 Å². The van der Waals surface area contributed by atoms with Crippen LogP contribution in [0.5, 0.6) is 0 Å². The molecule has 0 saturated carbocycles. The molecule has 0 aliphatic heterocycles. The zero-order valence-corrected chi connectivity index (χ0v) is 13.3. The Balaban J connectivity index is 1.68. The van der Waals surface area contributed by atoms with E-state index in [4.69, 9.17) is 16.0 Å². The van der Waals surface area contributed by atoms with Gasteiger partial charge < -0.3 is 4.42 Å². The van der Waals surface area contributed by atoms with Gasteiger partial charge in [-0.05, 0) is 35.3 Å². The van der Waals surface area contributed by atoms with Gasteiger partial charge in [0.2, 0.25) is 5.89 Å². The van der Waals surface area contributed by atoms with Crippen molar-refractivity contribution in [1.82, 2.24) is 20.2 Å². The molecule has 0 saturated heterocycles. The van der Waals surface area contributed by atoms with Gasteiger partial charge in [0.15, 0.2) is 0 Å². The number of benzene rings is 1. The van der Waals surface area contributed by atoms with Crippen molar-refractivity contribution in [3.8, 4) is 11.5 Å². The smallest absolute Gasteiger partial charge is 0.283 e. The number of halogens is 1. The summed E-state index contributed by atoms with van der Waals surface area (Å²) in [6.07, 6.45) is 1.53. The molecule has 0 N–H and O–H groups in total. The Bertz CT molecular complexity index is 953. The molecule has 0 radical (unpaired) electrons. The Labute approximate surface area is 138 Å². The number of hydrogen-bond donors (Lipinski definition) is 0. The van der Waals surface area contributed by atoms with Gasteiger partial charge in [0.05, 0.1) is 10.6 Å². The molecule has 0 aliphatic carbocycles. The lowest BCUT2D eigenvalue weighted by molar-refractivity contribution is 0.466. The van der Waals surface area contributed by atoms with Crippen molar-refractivity contribution >= 4 is 44.9 Å². The second-order valence-corrected chi connectivity index (χ2v) is 6.52. The zero-order chi connectivity index (χ0) is 14.9. The molecule has 3 heterocycles. The molecular weight excluding hydrogens is 340 g/mol. The quantitative estimate of drug-likeness (QED) is 0.507. The van der Waals surface area contributed by atoms with Crippen LogP contribution in [0.3, 0.4) is 0 Å². The summed E-state index contributed by atoms with van der Waals surface area (Å²) in [5.41, 5.74) is 0.715. The molecule has 0 atom stereocenters. The molecule has 0 unspecified atom stereocenters. The molecule has 0 bridgehead atoms. The molecule has 1 aromatic carbocycles. The maximum absolute atomic E-state index is 6.14. The van der Waals surface area contributed by atoms with E-state index in [1.807, 2.05) is 29.6 Å². The monoisotopic (exact) mass is 346 g/mol. The Hall–Kier alpha value is -1.96. The van der Waals surface area contributed by atoms with Gasteiger partial charge in [0, 0.05) is 5.39 Å². The Morgan fingerprint density at radius 3 is 2.91 bits per heavy atom. The van der Waals surface area contributed by atoms with E-state index in [0.29, 0.717) is 21.7 Å². The number of thiophene rings is 1. The highest BCUT2D eigenvalue weighted by Gasteiger charge is 2.14. The summed E-state index contributed by atoms with van der Waals surface area (Å²) >= 11 is 9.02. The van der Waals surface area contributed by atoms with Crippen molar-refractivity contribution in [2.45, 2.75) is 10.2 Å². The summed E-state index contributed by atoms with van der Waals surface area (Å²) in [5.74, 6) is 0.392. The minimum atomic E-state index is 0.392.